The average molecular weight is 472 g/mol. The first kappa shape index (κ1) is 22.2. The predicted octanol–water partition coefficient (Wildman–Crippen LogP) is 5.07. The Balaban J connectivity index is 1.49. The molecule has 2 heterocycles. The summed E-state index contributed by atoms with van der Waals surface area (Å²) in [5.74, 6) is -0.732. The van der Waals surface area contributed by atoms with Crippen molar-refractivity contribution in [2.75, 3.05) is 12.3 Å². The number of nitrogens with one attached hydrogen (secondary N) is 1. The Hall–Kier alpha value is -3.04. The number of halogens is 2. The van der Waals surface area contributed by atoms with Crippen LogP contribution in [-0.2, 0) is 11.3 Å². The number of aromatic amines is 1. The number of carbonyl (C=O) groups excluding carboxylic acids is 1. The fourth-order valence-corrected chi connectivity index (χ4v) is 5.06. The van der Waals surface area contributed by atoms with Crippen molar-refractivity contribution in [1.82, 2.24) is 14.9 Å². The molecule has 0 spiro atoms. The third-order valence-electron chi connectivity index (χ3n) is 4.91. The maximum Gasteiger partial charge on any atom is 0.260 e. The standard InChI is InChI=1S/C23H19F2N3O2S2/c1-2-28(11-14-4-3-5-17(25)10-14)19(29)13-32-23-26-21(30)20-18(12-31-22(20)27-23)15-6-8-16(24)9-7-15/h3-10,12H,2,11,13H2,1H3,(H,26,27,30). The summed E-state index contributed by atoms with van der Waals surface area (Å²) in [4.78, 5) is 34.8. The Morgan fingerprint density at radius 1 is 1.16 bits per heavy atom. The number of fused-ring (bicyclic) bond motifs is 1. The molecule has 32 heavy (non-hydrogen) atoms. The molecule has 2 aromatic heterocycles. The van der Waals surface area contributed by atoms with Gasteiger partial charge in [0.1, 0.15) is 16.5 Å². The number of benzene rings is 2. The first-order valence-corrected chi connectivity index (χ1v) is 11.7. The average Bonchev–Trinajstić information content (AvgIpc) is 3.21. The molecule has 0 aliphatic heterocycles. The Kier molecular flexibility index (Phi) is 6.66. The molecule has 2 aromatic carbocycles. The van der Waals surface area contributed by atoms with Crippen molar-refractivity contribution in [1.29, 1.82) is 0 Å². The quantitative estimate of drug-likeness (QED) is 0.302. The fourth-order valence-electron chi connectivity index (χ4n) is 3.29. The summed E-state index contributed by atoms with van der Waals surface area (Å²) in [6.45, 7) is 2.64. The lowest BCUT2D eigenvalue weighted by molar-refractivity contribution is -0.128. The molecule has 0 unspecified atom stereocenters. The monoisotopic (exact) mass is 471 g/mol. The summed E-state index contributed by atoms with van der Waals surface area (Å²) in [6, 6.07) is 12.1. The summed E-state index contributed by atoms with van der Waals surface area (Å²) >= 11 is 2.47. The summed E-state index contributed by atoms with van der Waals surface area (Å²) in [5, 5.41) is 2.61. The van der Waals surface area contributed by atoms with Gasteiger partial charge in [-0.2, -0.15) is 0 Å². The number of amides is 1. The van der Waals surface area contributed by atoms with E-state index in [0.29, 0.717) is 39.6 Å². The van der Waals surface area contributed by atoms with E-state index in [0.717, 1.165) is 17.3 Å². The maximum atomic E-state index is 13.4. The molecular formula is C23H19F2N3O2S2. The fraction of sp³-hybridized carbons (Fsp3) is 0.174. The van der Waals surface area contributed by atoms with Crippen LogP contribution in [0.4, 0.5) is 8.78 Å². The molecule has 9 heteroatoms. The number of hydrogen-bond acceptors (Lipinski definition) is 5. The zero-order valence-electron chi connectivity index (χ0n) is 17.1. The number of hydrogen-bond donors (Lipinski definition) is 1. The van der Waals surface area contributed by atoms with Gasteiger partial charge in [0.25, 0.3) is 5.56 Å². The van der Waals surface area contributed by atoms with Crippen LogP contribution in [-0.4, -0.2) is 33.1 Å². The summed E-state index contributed by atoms with van der Waals surface area (Å²) in [7, 11) is 0. The van der Waals surface area contributed by atoms with Crippen LogP contribution in [0.2, 0.25) is 0 Å². The zero-order valence-corrected chi connectivity index (χ0v) is 18.7. The van der Waals surface area contributed by atoms with Gasteiger partial charge in [-0.1, -0.05) is 36.0 Å². The van der Waals surface area contributed by atoms with E-state index in [2.05, 4.69) is 9.97 Å². The zero-order chi connectivity index (χ0) is 22.7. The number of aromatic nitrogens is 2. The van der Waals surface area contributed by atoms with Crippen LogP contribution < -0.4 is 5.56 Å². The molecule has 1 amide bonds. The highest BCUT2D eigenvalue weighted by Crippen LogP contribution is 2.31. The van der Waals surface area contributed by atoms with Crippen molar-refractivity contribution in [3.63, 3.8) is 0 Å². The van der Waals surface area contributed by atoms with E-state index < -0.39 is 0 Å². The highest BCUT2D eigenvalue weighted by molar-refractivity contribution is 7.99. The number of carbonyl (C=O) groups is 1. The minimum Gasteiger partial charge on any atom is -0.338 e. The Morgan fingerprint density at radius 2 is 1.94 bits per heavy atom. The summed E-state index contributed by atoms with van der Waals surface area (Å²) in [6.07, 6.45) is 0. The smallest absolute Gasteiger partial charge is 0.260 e. The van der Waals surface area contributed by atoms with Crippen molar-refractivity contribution in [3.8, 4) is 11.1 Å². The second-order valence-corrected chi connectivity index (χ2v) is 8.86. The lowest BCUT2D eigenvalue weighted by atomic mass is 10.1. The third kappa shape index (κ3) is 4.89. The molecule has 0 aliphatic carbocycles. The van der Waals surface area contributed by atoms with Gasteiger partial charge in [-0.15, -0.1) is 11.3 Å². The second-order valence-electron chi connectivity index (χ2n) is 7.03. The van der Waals surface area contributed by atoms with Crippen molar-refractivity contribution in [3.05, 3.63) is 81.5 Å². The van der Waals surface area contributed by atoms with Crippen molar-refractivity contribution in [2.45, 2.75) is 18.6 Å². The van der Waals surface area contributed by atoms with E-state index in [1.807, 2.05) is 12.3 Å². The minimum atomic E-state index is -0.345. The molecule has 4 aromatic rings. The lowest BCUT2D eigenvalue weighted by Crippen LogP contribution is -2.31. The minimum absolute atomic E-state index is 0.0911. The van der Waals surface area contributed by atoms with Crippen LogP contribution in [0.15, 0.2) is 63.9 Å². The van der Waals surface area contributed by atoms with Crippen molar-refractivity contribution in [2.24, 2.45) is 0 Å². The van der Waals surface area contributed by atoms with Gasteiger partial charge in [-0.3, -0.25) is 9.59 Å². The molecule has 4 rings (SSSR count). The maximum absolute atomic E-state index is 13.4. The van der Waals surface area contributed by atoms with Gasteiger partial charge in [0.05, 0.1) is 11.1 Å². The third-order valence-corrected chi connectivity index (χ3v) is 6.64. The summed E-state index contributed by atoms with van der Waals surface area (Å²) in [5.41, 5.74) is 1.83. The highest BCUT2D eigenvalue weighted by Gasteiger charge is 2.16. The number of H-pyrrole nitrogens is 1. The van der Waals surface area contributed by atoms with Gasteiger partial charge in [-0.05, 0) is 42.3 Å². The molecule has 1 N–H and O–H groups in total. The Bertz CT molecular complexity index is 1320. The lowest BCUT2D eigenvalue weighted by Gasteiger charge is -2.20. The molecule has 0 atom stereocenters. The molecule has 0 radical (unpaired) electrons. The molecular weight excluding hydrogens is 452 g/mol. The van der Waals surface area contributed by atoms with E-state index in [1.165, 1.54) is 35.6 Å². The van der Waals surface area contributed by atoms with Crippen LogP contribution in [0.5, 0.6) is 0 Å². The molecule has 0 bridgehead atoms. The molecule has 164 valence electrons. The van der Waals surface area contributed by atoms with Gasteiger partial charge in [-0.25, -0.2) is 13.8 Å². The van der Waals surface area contributed by atoms with E-state index in [9.17, 15) is 18.4 Å². The molecule has 0 fully saturated rings. The van der Waals surface area contributed by atoms with Gasteiger partial charge in [0, 0.05) is 24.0 Å². The first-order valence-electron chi connectivity index (χ1n) is 9.87. The van der Waals surface area contributed by atoms with E-state index in [4.69, 9.17) is 0 Å². The van der Waals surface area contributed by atoms with Gasteiger partial charge in [0.2, 0.25) is 5.91 Å². The van der Waals surface area contributed by atoms with Crippen LogP contribution in [0.25, 0.3) is 21.3 Å². The normalized spacial score (nSPS) is 11.1. The summed E-state index contributed by atoms with van der Waals surface area (Å²) < 4.78 is 26.6. The number of thioether (sulfide) groups is 1. The number of rotatable bonds is 7. The van der Waals surface area contributed by atoms with Crippen LogP contribution >= 0.6 is 23.1 Å². The van der Waals surface area contributed by atoms with Gasteiger partial charge >= 0.3 is 0 Å². The molecule has 0 aliphatic rings. The van der Waals surface area contributed by atoms with Crippen LogP contribution in [0.3, 0.4) is 0 Å². The highest BCUT2D eigenvalue weighted by atomic mass is 32.2. The van der Waals surface area contributed by atoms with E-state index in [1.54, 1.807) is 29.2 Å². The predicted molar refractivity (Wildman–Crippen MR) is 124 cm³/mol. The van der Waals surface area contributed by atoms with Gasteiger partial charge < -0.3 is 9.88 Å². The molecule has 0 saturated carbocycles. The van der Waals surface area contributed by atoms with Crippen molar-refractivity contribution >= 4 is 39.2 Å². The molecule has 0 saturated heterocycles. The largest absolute Gasteiger partial charge is 0.338 e. The van der Waals surface area contributed by atoms with E-state index in [-0.39, 0.29) is 28.9 Å². The van der Waals surface area contributed by atoms with Gasteiger partial charge in [0.15, 0.2) is 5.16 Å². The Morgan fingerprint density at radius 3 is 2.66 bits per heavy atom. The second kappa shape index (κ2) is 9.62. The first-order chi connectivity index (χ1) is 15.4. The van der Waals surface area contributed by atoms with Crippen LogP contribution in [0.1, 0.15) is 12.5 Å². The Labute approximate surface area is 191 Å². The van der Waals surface area contributed by atoms with Crippen LogP contribution in [0, 0.1) is 11.6 Å². The number of thiophene rings is 1. The number of nitrogens with zero attached hydrogens (tertiary/aromatic N) is 2. The SMILES string of the molecule is CCN(Cc1cccc(F)c1)C(=O)CSc1nc2scc(-c3ccc(F)cc3)c2c(=O)[nH]1. The van der Waals surface area contributed by atoms with E-state index >= 15 is 0 Å². The molecule has 5 nitrogen and oxygen atoms in total. The topological polar surface area (TPSA) is 66.1 Å². The van der Waals surface area contributed by atoms with Crippen molar-refractivity contribution < 1.29 is 13.6 Å².